The summed E-state index contributed by atoms with van der Waals surface area (Å²) in [6, 6.07) is 0. The SMILES string of the molecule is Cc1n(CCOC(C)(C)C)cc[n+]1C. The van der Waals surface area contributed by atoms with Gasteiger partial charge in [0, 0.05) is 6.92 Å². The van der Waals surface area contributed by atoms with Crippen LogP contribution in [0, 0.1) is 6.92 Å². The molecule has 0 aromatic carbocycles. The third-order valence-corrected chi connectivity index (χ3v) is 2.26. The summed E-state index contributed by atoms with van der Waals surface area (Å²) in [7, 11) is 2.05. The van der Waals surface area contributed by atoms with Crippen LogP contribution in [0.3, 0.4) is 0 Å². The standard InChI is InChI=1S/C11H21N2O/c1-10-12(5)6-7-13(10)8-9-14-11(2,3)4/h6-7H,8-9H2,1-5H3/q+1. The van der Waals surface area contributed by atoms with Crippen LogP contribution in [0.5, 0.6) is 0 Å². The molecule has 0 N–H and O–H groups in total. The average Bonchev–Trinajstić information content (AvgIpc) is 2.33. The first-order valence-corrected chi connectivity index (χ1v) is 5.05. The van der Waals surface area contributed by atoms with Crippen LogP contribution in [0.25, 0.3) is 0 Å². The monoisotopic (exact) mass is 197 g/mol. The van der Waals surface area contributed by atoms with Gasteiger partial charge in [-0.15, -0.1) is 0 Å². The van der Waals surface area contributed by atoms with E-state index in [1.165, 1.54) is 5.82 Å². The van der Waals surface area contributed by atoms with E-state index in [0.29, 0.717) is 0 Å². The summed E-state index contributed by atoms with van der Waals surface area (Å²) >= 11 is 0. The minimum absolute atomic E-state index is 0.0384. The summed E-state index contributed by atoms with van der Waals surface area (Å²) in [6.45, 7) is 10.0. The summed E-state index contributed by atoms with van der Waals surface area (Å²) < 4.78 is 9.98. The molecule has 0 aliphatic heterocycles. The summed E-state index contributed by atoms with van der Waals surface area (Å²) in [4.78, 5) is 0. The average molecular weight is 197 g/mol. The molecule has 1 heterocycles. The predicted molar refractivity (Wildman–Crippen MR) is 56.1 cm³/mol. The largest absolute Gasteiger partial charge is 0.372 e. The topological polar surface area (TPSA) is 18.0 Å². The second-order valence-electron chi connectivity index (χ2n) is 4.61. The lowest BCUT2D eigenvalue weighted by Gasteiger charge is -2.18. The Kier molecular flexibility index (Phi) is 3.32. The molecule has 80 valence electrons. The fraction of sp³-hybridized carbons (Fsp3) is 0.727. The van der Waals surface area contributed by atoms with Crippen LogP contribution in [-0.2, 0) is 18.3 Å². The van der Waals surface area contributed by atoms with Gasteiger partial charge in [-0.05, 0) is 20.8 Å². The van der Waals surface area contributed by atoms with Gasteiger partial charge in [0.15, 0.2) is 0 Å². The highest BCUT2D eigenvalue weighted by atomic mass is 16.5. The maximum atomic E-state index is 5.67. The van der Waals surface area contributed by atoms with Crippen LogP contribution in [0.1, 0.15) is 26.6 Å². The van der Waals surface area contributed by atoms with Crippen LogP contribution >= 0.6 is 0 Å². The van der Waals surface area contributed by atoms with E-state index in [-0.39, 0.29) is 5.60 Å². The van der Waals surface area contributed by atoms with E-state index in [1.807, 2.05) is 0 Å². The van der Waals surface area contributed by atoms with Crippen molar-refractivity contribution in [1.29, 1.82) is 0 Å². The fourth-order valence-electron chi connectivity index (χ4n) is 1.29. The van der Waals surface area contributed by atoms with Gasteiger partial charge in [-0.1, -0.05) is 0 Å². The molecule has 1 aromatic rings. The molecular weight excluding hydrogens is 176 g/mol. The van der Waals surface area contributed by atoms with Gasteiger partial charge in [0.2, 0.25) is 0 Å². The summed E-state index contributed by atoms with van der Waals surface area (Å²) in [5.41, 5.74) is -0.0384. The molecule has 0 aliphatic rings. The van der Waals surface area contributed by atoms with E-state index >= 15 is 0 Å². The van der Waals surface area contributed by atoms with Crippen LogP contribution < -0.4 is 4.57 Å². The number of aromatic nitrogens is 2. The van der Waals surface area contributed by atoms with Crippen molar-refractivity contribution >= 4 is 0 Å². The molecule has 0 saturated carbocycles. The minimum Gasteiger partial charge on any atom is -0.372 e. The van der Waals surface area contributed by atoms with E-state index in [0.717, 1.165) is 13.2 Å². The second kappa shape index (κ2) is 4.13. The highest BCUT2D eigenvalue weighted by Gasteiger charge is 2.12. The Morgan fingerprint density at radius 1 is 1.43 bits per heavy atom. The molecule has 0 fully saturated rings. The zero-order valence-corrected chi connectivity index (χ0v) is 9.87. The van der Waals surface area contributed by atoms with Crippen LogP contribution in [0.4, 0.5) is 0 Å². The van der Waals surface area contributed by atoms with Crippen molar-refractivity contribution in [3.8, 4) is 0 Å². The fourth-order valence-corrected chi connectivity index (χ4v) is 1.29. The van der Waals surface area contributed by atoms with Gasteiger partial charge >= 0.3 is 0 Å². The van der Waals surface area contributed by atoms with Gasteiger partial charge in [0.05, 0.1) is 19.3 Å². The molecule has 0 atom stereocenters. The summed E-state index contributed by atoms with van der Waals surface area (Å²) in [5, 5.41) is 0. The smallest absolute Gasteiger partial charge is 0.253 e. The molecule has 1 rings (SSSR count). The highest BCUT2D eigenvalue weighted by Crippen LogP contribution is 2.06. The van der Waals surface area contributed by atoms with Crippen molar-refractivity contribution in [2.45, 2.75) is 39.8 Å². The normalized spacial score (nSPS) is 12.1. The zero-order valence-electron chi connectivity index (χ0n) is 9.87. The predicted octanol–water partition coefficient (Wildman–Crippen LogP) is 1.44. The third kappa shape index (κ3) is 3.14. The van der Waals surface area contributed by atoms with Crippen molar-refractivity contribution in [3.63, 3.8) is 0 Å². The number of hydrogen-bond donors (Lipinski definition) is 0. The van der Waals surface area contributed by atoms with Crippen molar-refractivity contribution in [3.05, 3.63) is 18.2 Å². The van der Waals surface area contributed by atoms with Crippen LogP contribution in [0.15, 0.2) is 12.4 Å². The van der Waals surface area contributed by atoms with Gasteiger partial charge in [0.25, 0.3) is 5.82 Å². The van der Waals surface area contributed by atoms with E-state index in [4.69, 9.17) is 4.74 Å². The molecule has 0 radical (unpaired) electrons. The van der Waals surface area contributed by atoms with Crippen molar-refractivity contribution < 1.29 is 9.30 Å². The summed E-state index contributed by atoms with van der Waals surface area (Å²) in [6.07, 6.45) is 4.15. The number of rotatable bonds is 3. The van der Waals surface area contributed by atoms with Gasteiger partial charge in [0.1, 0.15) is 18.9 Å². The Morgan fingerprint density at radius 3 is 2.50 bits per heavy atom. The molecule has 0 aliphatic carbocycles. The van der Waals surface area contributed by atoms with E-state index in [2.05, 4.69) is 56.3 Å². The van der Waals surface area contributed by atoms with Gasteiger partial charge in [-0.2, -0.15) is 0 Å². The van der Waals surface area contributed by atoms with Crippen molar-refractivity contribution in [2.75, 3.05) is 6.61 Å². The molecule has 3 nitrogen and oxygen atoms in total. The zero-order chi connectivity index (χ0) is 10.8. The lowest BCUT2D eigenvalue weighted by molar-refractivity contribution is -0.677. The van der Waals surface area contributed by atoms with Crippen LogP contribution in [-0.4, -0.2) is 16.8 Å². The number of ether oxygens (including phenoxy) is 1. The number of aryl methyl sites for hydroxylation is 1. The Bertz CT molecular complexity index is 297. The van der Waals surface area contributed by atoms with E-state index in [9.17, 15) is 0 Å². The lowest BCUT2D eigenvalue weighted by atomic mass is 10.2. The first-order chi connectivity index (χ1) is 6.40. The molecule has 0 saturated heterocycles. The number of imidazole rings is 1. The Balaban J connectivity index is 2.43. The molecule has 0 amide bonds. The molecule has 0 spiro atoms. The Labute approximate surface area is 86.3 Å². The van der Waals surface area contributed by atoms with Crippen LogP contribution in [0.2, 0.25) is 0 Å². The van der Waals surface area contributed by atoms with Gasteiger partial charge in [-0.25, -0.2) is 9.13 Å². The lowest BCUT2D eigenvalue weighted by Crippen LogP contribution is -2.30. The van der Waals surface area contributed by atoms with Gasteiger partial charge < -0.3 is 4.74 Å². The number of hydrogen-bond acceptors (Lipinski definition) is 1. The Hall–Kier alpha value is -0.830. The maximum absolute atomic E-state index is 5.67. The van der Waals surface area contributed by atoms with Crippen molar-refractivity contribution in [1.82, 2.24) is 4.57 Å². The molecule has 3 heteroatoms. The highest BCUT2D eigenvalue weighted by molar-refractivity contribution is 4.79. The Morgan fingerprint density at radius 2 is 2.07 bits per heavy atom. The molecule has 14 heavy (non-hydrogen) atoms. The molecular formula is C11H21N2O+. The minimum atomic E-state index is -0.0384. The first-order valence-electron chi connectivity index (χ1n) is 5.05. The molecule has 0 unspecified atom stereocenters. The molecule has 0 bridgehead atoms. The van der Waals surface area contributed by atoms with Gasteiger partial charge in [-0.3, -0.25) is 0 Å². The number of nitrogens with zero attached hydrogens (tertiary/aromatic N) is 2. The second-order valence-corrected chi connectivity index (χ2v) is 4.61. The maximum Gasteiger partial charge on any atom is 0.253 e. The van der Waals surface area contributed by atoms with Crippen molar-refractivity contribution in [2.24, 2.45) is 7.05 Å². The molecule has 1 aromatic heterocycles. The first kappa shape index (κ1) is 11.2. The van der Waals surface area contributed by atoms with E-state index in [1.54, 1.807) is 0 Å². The van der Waals surface area contributed by atoms with E-state index < -0.39 is 0 Å². The summed E-state index contributed by atoms with van der Waals surface area (Å²) in [5.74, 6) is 1.25. The third-order valence-electron chi connectivity index (χ3n) is 2.26. The quantitative estimate of drug-likeness (QED) is 0.670.